The van der Waals surface area contributed by atoms with E-state index in [1.807, 2.05) is 13.8 Å². The summed E-state index contributed by atoms with van der Waals surface area (Å²) >= 11 is 0. The zero-order valence-electron chi connectivity index (χ0n) is 10.6. The first-order valence-corrected chi connectivity index (χ1v) is 6.58. The molecule has 3 heteroatoms. The third-order valence-electron chi connectivity index (χ3n) is 3.78. The third-order valence-corrected chi connectivity index (χ3v) is 3.78. The van der Waals surface area contributed by atoms with Crippen molar-refractivity contribution in [3.63, 3.8) is 0 Å². The topological polar surface area (TPSA) is 41.6 Å². The lowest BCUT2D eigenvalue weighted by Crippen LogP contribution is -2.05. The van der Waals surface area contributed by atoms with Gasteiger partial charge in [0, 0.05) is 11.6 Å². The van der Waals surface area contributed by atoms with Crippen LogP contribution < -0.4 is 0 Å². The van der Waals surface area contributed by atoms with E-state index in [4.69, 9.17) is 4.98 Å². The van der Waals surface area contributed by atoms with Crippen LogP contribution in [0.1, 0.15) is 55.2 Å². The quantitative estimate of drug-likeness (QED) is 0.811. The highest BCUT2D eigenvalue weighted by Crippen LogP contribution is 2.32. The van der Waals surface area contributed by atoms with Gasteiger partial charge in [0.2, 0.25) is 0 Å². The molecule has 0 aromatic carbocycles. The molecule has 0 radical (unpaired) electrons. The zero-order chi connectivity index (χ0) is 11.8. The minimum atomic E-state index is 0.635. The number of rotatable bonds is 1. The molecule has 2 aromatic rings. The number of nitrogens with zero attached hydrogens (tertiary/aromatic N) is 2. The standard InChI is InChI=1S/C14H19N3/c1-9-8-12-13(10(2)15-9)17-14(16-12)11-6-4-3-5-7-11/h8,11H,3-7H2,1-2H3,(H,16,17). The average Bonchev–Trinajstić information content (AvgIpc) is 2.74. The van der Waals surface area contributed by atoms with E-state index in [0.29, 0.717) is 5.92 Å². The number of hydrogen-bond donors (Lipinski definition) is 1. The molecule has 3 nitrogen and oxygen atoms in total. The highest BCUT2D eigenvalue weighted by Gasteiger charge is 2.19. The van der Waals surface area contributed by atoms with Crippen molar-refractivity contribution in [1.82, 2.24) is 15.0 Å². The average molecular weight is 229 g/mol. The van der Waals surface area contributed by atoms with Gasteiger partial charge in [-0.05, 0) is 32.8 Å². The van der Waals surface area contributed by atoms with Crippen LogP contribution in [0.2, 0.25) is 0 Å². The van der Waals surface area contributed by atoms with E-state index in [-0.39, 0.29) is 0 Å². The van der Waals surface area contributed by atoms with Crippen LogP contribution in [0.25, 0.3) is 11.0 Å². The number of nitrogens with one attached hydrogen (secondary N) is 1. The van der Waals surface area contributed by atoms with E-state index in [1.54, 1.807) is 0 Å². The predicted octanol–water partition coefficient (Wildman–Crippen LogP) is 3.62. The van der Waals surface area contributed by atoms with Crippen molar-refractivity contribution >= 4 is 11.0 Å². The van der Waals surface area contributed by atoms with E-state index in [9.17, 15) is 0 Å². The Kier molecular flexibility index (Phi) is 2.61. The summed E-state index contributed by atoms with van der Waals surface area (Å²) in [7, 11) is 0. The highest BCUT2D eigenvalue weighted by atomic mass is 14.9. The first-order valence-electron chi connectivity index (χ1n) is 6.58. The molecule has 1 N–H and O–H groups in total. The van der Waals surface area contributed by atoms with Gasteiger partial charge in [-0.1, -0.05) is 19.3 Å². The number of H-pyrrole nitrogens is 1. The van der Waals surface area contributed by atoms with Gasteiger partial charge in [-0.15, -0.1) is 0 Å². The van der Waals surface area contributed by atoms with Crippen LogP contribution in [-0.2, 0) is 0 Å². The van der Waals surface area contributed by atoms with Crippen molar-refractivity contribution in [3.8, 4) is 0 Å². The second-order valence-corrected chi connectivity index (χ2v) is 5.20. The second-order valence-electron chi connectivity index (χ2n) is 5.20. The molecule has 0 atom stereocenters. The summed E-state index contributed by atoms with van der Waals surface area (Å²) in [4.78, 5) is 12.7. The molecular formula is C14H19N3. The fourth-order valence-electron chi connectivity index (χ4n) is 2.91. The van der Waals surface area contributed by atoms with E-state index in [1.165, 1.54) is 37.9 Å². The maximum Gasteiger partial charge on any atom is 0.110 e. The molecular weight excluding hydrogens is 210 g/mol. The fraction of sp³-hybridized carbons (Fsp3) is 0.571. The second kappa shape index (κ2) is 4.13. The number of aromatic nitrogens is 3. The molecule has 2 heterocycles. The van der Waals surface area contributed by atoms with Crippen molar-refractivity contribution in [2.24, 2.45) is 0 Å². The SMILES string of the molecule is Cc1cc2[nH]c(C3CCCCC3)nc2c(C)n1. The smallest absolute Gasteiger partial charge is 0.110 e. The van der Waals surface area contributed by atoms with Crippen LogP contribution in [0.4, 0.5) is 0 Å². The summed E-state index contributed by atoms with van der Waals surface area (Å²) in [6, 6.07) is 2.10. The molecule has 0 spiro atoms. The normalized spacial score (nSPS) is 17.8. The molecule has 1 aliphatic carbocycles. The Balaban J connectivity index is 2.03. The lowest BCUT2D eigenvalue weighted by Gasteiger charge is -2.18. The maximum atomic E-state index is 4.76. The van der Waals surface area contributed by atoms with Gasteiger partial charge < -0.3 is 4.98 Å². The van der Waals surface area contributed by atoms with Gasteiger partial charge in [-0.25, -0.2) is 4.98 Å². The molecule has 0 unspecified atom stereocenters. The van der Waals surface area contributed by atoms with Crippen molar-refractivity contribution in [2.75, 3.05) is 0 Å². The number of aromatic amines is 1. The Labute approximate surface area is 102 Å². The van der Waals surface area contributed by atoms with Gasteiger partial charge in [-0.2, -0.15) is 0 Å². The Morgan fingerprint density at radius 2 is 1.88 bits per heavy atom. The van der Waals surface area contributed by atoms with Crippen molar-refractivity contribution in [3.05, 3.63) is 23.3 Å². The molecule has 3 rings (SSSR count). The largest absolute Gasteiger partial charge is 0.342 e. The number of imidazole rings is 1. The minimum absolute atomic E-state index is 0.635. The molecule has 1 aliphatic rings. The molecule has 90 valence electrons. The van der Waals surface area contributed by atoms with Gasteiger partial charge in [0.15, 0.2) is 0 Å². The summed E-state index contributed by atoms with van der Waals surface area (Å²) in [5, 5.41) is 0. The molecule has 0 bridgehead atoms. The fourth-order valence-corrected chi connectivity index (χ4v) is 2.91. The Bertz CT molecular complexity index is 536. The number of aryl methyl sites for hydroxylation is 2. The number of pyridine rings is 1. The Hall–Kier alpha value is -1.38. The summed E-state index contributed by atoms with van der Waals surface area (Å²) in [5.41, 5.74) is 4.30. The van der Waals surface area contributed by atoms with Gasteiger partial charge in [0.05, 0.1) is 11.2 Å². The van der Waals surface area contributed by atoms with Crippen molar-refractivity contribution < 1.29 is 0 Å². The number of fused-ring (bicyclic) bond motifs is 1. The minimum Gasteiger partial charge on any atom is -0.342 e. The van der Waals surface area contributed by atoms with E-state index in [2.05, 4.69) is 16.0 Å². The Morgan fingerprint density at radius 1 is 1.12 bits per heavy atom. The molecule has 1 saturated carbocycles. The first kappa shape index (κ1) is 10.8. The van der Waals surface area contributed by atoms with Gasteiger partial charge in [-0.3, -0.25) is 4.98 Å². The molecule has 0 saturated heterocycles. The van der Waals surface area contributed by atoms with Crippen LogP contribution in [0.15, 0.2) is 6.07 Å². The van der Waals surface area contributed by atoms with Crippen LogP contribution in [0.5, 0.6) is 0 Å². The lowest BCUT2D eigenvalue weighted by atomic mass is 9.89. The zero-order valence-corrected chi connectivity index (χ0v) is 10.6. The molecule has 1 fully saturated rings. The Morgan fingerprint density at radius 3 is 2.65 bits per heavy atom. The van der Waals surface area contributed by atoms with Gasteiger partial charge in [0.1, 0.15) is 11.3 Å². The van der Waals surface area contributed by atoms with Gasteiger partial charge >= 0.3 is 0 Å². The van der Waals surface area contributed by atoms with E-state index in [0.717, 1.165) is 22.4 Å². The monoisotopic (exact) mass is 229 g/mol. The van der Waals surface area contributed by atoms with Crippen molar-refractivity contribution in [2.45, 2.75) is 51.9 Å². The lowest BCUT2D eigenvalue weighted by molar-refractivity contribution is 0.431. The molecule has 2 aromatic heterocycles. The molecule has 0 amide bonds. The van der Waals surface area contributed by atoms with Crippen molar-refractivity contribution in [1.29, 1.82) is 0 Å². The molecule has 0 aliphatic heterocycles. The molecule has 17 heavy (non-hydrogen) atoms. The first-order chi connectivity index (χ1) is 8.24. The maximum absolute atomic E-state index is 4.76. The van der Waals surface area contributed by atoms with Crippen LogP contribution in [0, 0.1) is 13.8 Å². The highest BCUT2D eigenvalue weighted by molar-refractivity contribution is 5.77. The summed E-state index contributed by atoms with van der Waals surface area (Å²) in [6.07, 6.45) is 6.64. The number of hydrogen-bond acceptors (Lipinski definition) is 2. The van der Waals surface area contributed by atoms with Crippen LogP contribution in [0.3, 0.4) is 0 Å². The van der Waals surface area contributed by atoms with Crippen LogP contribution in [-0.4, -0.2) is 15.0 Å². The van der Waals surface area contributed by atoms with Gasteiger partial charge in [0.25, 0.3) is 0 Å². The van der Waals surface area contributed by atoms with E-state index < -0.39 is 0 Å². The van der Waals surface area contributed by atoms with Crippen LogP contribution >= 0.6 is 0 Å². The summed E-state index contributed by atoms with van der Waals surface area (Å²) in [6.45, 7) is 4.08. The summed E-state index contributed by atoms with van der Waals surface area (Å²) in [5.74, 6) is 1.81. The van der Waals surface area contributed by atoms with E-state index >= 15 is 0 Å². The third kappa shape index (κ3) is 1.94. The summed E-state index contributed by atoms with van der Waals surface area (Å²) < 4.78 is 0. The predicted molar refractivity (Wildman–Crippen MR) is 69.2 cm³/mol.